The van der Waals surface area contributed by atoms with Gasteiger partial charge in [-0.05, 0) is 116 Å². The first kappa shape index (κ1) is 31.9. The van der Waals surface area contributed by atoms with Crippen molar-refractivity contribution in [3.05, 3.63) is 209 Å². The van der Waals surface area contributed by atoms with E-state index in [4.69, 9.17) is 0 Å². The number of rotatable bonds is 3. The van der Waals surface area contributed by atoms with E-state index in [1.807, 2.05) is 60.7 Å². The van der Waals surface area contributed by atoms with Gasteiger partial charge in [0.2, 0.25) is 0 Å². The smallest absolute Gasteiger partial charge is 0.123 e. The third-order valence-corrected chi connectivity index (χ3v) is 11.8. The van der Waals surface area contributed by atoms with Crippen LogP contribution in [0.1, 0.15) is 33.4 Å². The Labute approximate surface area is 321 Å². The van der Waals surface area contributed by atoms with Crippen LogP contribution >= 0.6 is 0 Å². The van der Waals surface area contributed by atoms with Crippen LogP contribution in [-0.2, 0) is 5.41 Å². The van der Waals surface area contributed by atoms with Gasteiger partial charge in [0.05, 0.1) is 39.3 Å². The topological polar surface area (TPSA) is 52.5 Å². The van der Waals surface area contributed by atoms with Gasteiger partial charge >= 0.3 is 0 Å². The van der Waals surface area contributed by atoms with Crippen LogP contribution in [0.25, 0.3) is 72.0 Å². The van der Waals surface area contributed by atoms with Gasteiger partial charge in [-0.25, -0.2) is 8.78 Å². The van der Waals surface area contributed by atoms with Gasteiger partial charge in [-0.2, -0.15) is 10.5 Å². The minimum atomic E-state index is -1.23. The van der Waals surface area contributed by atoms with Crippen molar-refractivity contribution in [2.45, 2.75) is 5.41 Å². The molecule has 0 atom stereocenters. The van der Waals surface area contributed by atoms with Crippen LogP contribution in [0.5, 0.6) is 0 Å². The summed E-state index contributed by atoms with van der Waals surface area (Å²) in [5.41, 5.74) is 11.8. The third kappa shape index (κ3) is 4.17. The molecule has 0 unspecified atom stereocenters. The molecule has 1 heterocycles. The van der Waals surface area contributed by atoms with E-state index < -0.39 is 17.0 Å². The molecule has 0 N–H and O–H groups in total. The maximum absolute atomic E-state index is 15.5. The van der Waals surface area contributed by atoms with Gasteiger partial charge in [-0.1, -0.05) is 109 Å². The average molecular weight is 720 g/mol. The second kappa shape index (κ2) is 11.7. The summed E-state index contributed by atoms with van der Waals surface area (Å²) in [5.74, 6) is -0.860. The van der Waals surface area contributed by atoms with Gasteiger partial charge in [0.25, 0.3) is 0 Å². The molecule has 3 nitrogen and oxygen atoms in total. The summed E-state index contributed by atoms with van der Waals surface area (Å²) in [6, 6.07) is 57.1. The van der Waals surface area contributed by atoms with Gasteiger partial charge < -0.3 is 4.57 Å². The fourth-order valence-electron chi connectivity index (χ4n) is 9.61. The number of hydrogen-bond donors (Lipinski definition) is 0. The lowest BCUT2D eigenvalue weighted by Gasteiger charge is -2.31. The first-order valence-corrected chi connectivity index (χ1v) is 18.4. The van der Waals surface area contributed by atoms with Crippen molar-refractivity contribution in [2.24, 2.45) is 0 Å². The van der Waals surface area contributed by atoms with E-state index >= 15 is 8.78 Å². The standard InChI is InChI=1S/C51H27F2N3/c52-36-17-19-38-39-20-18-37(53)27-45(39)51(44(38)26-36)43-14-8-7-13-40(43)48-49(51)34(28-54)23-35(29-55)50(48)56-46-21-15-32(30-9-3-1-4-10-30)24-41(46)42-25-33(16-22-47(42)56)31-11-5-2-6-12-31/h1-27H. The molecule has 0 saturated heterocycles. The highest BCUT2D eigenvalue weighted by atomic mass is 19.1. The summed E-state index contributed by atoms with van der Waals surface area (Å²) in [7, 11) is 0. The Morgan fingerprint density at radius 3 is 1.50 bits per heavy atom. The minimum Gasteiger partial charge on any atom is -0.307 e. The van der Waals surface area contributed by atoms with Crippen molar-refractivity contribution < 1.29 is 8.78 Å². The number of fused-ring (bicyclic) bond motifs is 13. The maximum atomic E-state index is 15.5. The molecule has 56 heavy (non-hydrogen) atoms. The van der Waals surface area contributed by atoms with Crippen molar-refractivity contribution in [2.75, 3.05) is 0 Å². The Balaban J connectivity index is 1.32. The lowest BCUT2D eigenvalue weighted by molar-refractivity contribution is 0.617. The average Bonchev–Trinajstić information content (AvgIpc) is 3.84. The number of benzene rings is 8. The fourth-order valence-corrected chi connectivity index (χ4v) is 9.61. The lowest BCUT2D eigenvalue weighted by atomic mass is 9.69. The summed E-state index contributed by atoms with van der Waals surface area (Å²) in [6.45, 7) is 0. The Kier molecular flexibility index (Phi) is 6.66. The zero-order valence-electron chi connectivity index (χ0n) is 29.7. The lowest BCUT2D eigenvalue weighted by Crippen LogP contribution is -2.27. The minimum absolute atomic E-state index is 0.280. The molecule has 0 fully saturated rings. The third-order valence-electron chi connectivity index (χ3n) is 11.8. The highest BCUT2D eigenvalue weighted by Crippen LogP contribution is 2.65. The largest absolute Gasteiger partial charge is 0.307 e. The van der Waals surface area contributed by atoms with E-state index in [1.54, 1.807) is 18.2 Å². The Bertz CT molecular complexity index is 3090. The zero-order chi connectivity index (χ0) is 37.7. The number of halogens is 2. The van der Waals surface area contributed by atoms with Crippen molar-refractivity contribution >= 4 is 21.8 Å². The molecular weight excluding hydrogens is 693 g/mol. The first-order chi connectivity index (χ1) is 27.5. The molecule has 2 aliphatic rings. The summed E-state index contributed by atoms with van der Waals surface area (Å²) in [5, 5.41) is 24.0. The van der Waals surface area contributed by atoms with Crippen LogP contribution < -0.4 is 0 Å². The van der Waals surface area contributed by atoms with Crippen LogP contribution in [0.2, 0.25) is 0 Å². The van der Waals surface area contributed by atoms with Crippen molar-refractivity contribution in [1.29, 1.82) is 10.5 Å². The fraction of sp³-hybridized carbons (Fsp3) is 0.0196. The van der Waals surface area contributed by atoms with Gasteiger partial charge in [0, 0.05) is 16.3 Å². The summed E-state index contributed by atoms with van der Waals surface area (Å²) < 4.78 is 33.2. The van der Waals surface area contributed by atoms with Crippen LogP contribution in [0.4, 0.5) is 8.78 Å². The van der Waals surface area contributed by atoms with Crippen LogP contribution in [0, 0.1) is 34.3 Å². The maximum Gasteiger partial charge on any atom is 0.123 e. The molecule has 11 rings (SSSR count). The van der Waals surface area contributed by atoms with Crippen LogP contribution in [0.3, 0.4) is 0 Å². The van der Waals surface area contributed by atoms with Crippen molar-refractivity contribution in [1.82, 2.24) is 4.57 Å². The molecule has 8 aromatic carbocycles. The quantitative estimate of drug-likeness (QED) is 0.183. The van der Waals surface area contributed by atoms with Gasteiger partial charge in [-0.3, -0.25) is 0 Å². The van der Waals surface area contributed by atoms with Gasteiger partial charge in [-0.15, -0.1) is 0 Å². The van der Waals surface area contributed by atoms with E-state index in [0.29, 0.717) is 33.5 Å². The van der Waals surface area contributed by atoms with Crippen LogP contribution in [-0.4, -0.2) is 4.57 Å². The van der Waals surface area contributed by atoms with E-state index in [0.717, 1.165) is 66.3 Å². The molecule has 0 aliphatic heterocycles. The predicted molar refractivity (Wildman–Crippen MR) is 217 cm³/mol. The molecule has 260 valence electrons. The molecule has 0 saturated carbocycles. The van der Waals surface area contributed by atoms with E-state index in [9.17, 15) is 10.5 Å². The van der Waals surface area contributed by atoms with Gasteiger partial charge in [0.15, 0.2) is 0 Å². The molecule has 0 radical (unpaired) electrons. The molecular formula is C51H27F2N3. The molecule has 1 spiro atoms. The molecule has 0 amide bonds. The molecule has 0 bridgehead atoms. The van der Waals surface area contributed by atoms with Crippen molar-refractivity contribution in [3.63, 3.8) is 0 Å². The number of aromatic nitrogens is 1. The predicted octanol–water partition coefficient (Wildman–Crippen LogP) is 12.5. The molecule has 2 aliphatic carbocycles. The summed E-state index contributed by atoms with van der Waals surface area (Å²) in [4.78, 5) is 0. The van der Waals surface area contributed by atoms with E-state index in [2.05, 4.69) is 77.4 Å². The van der Waals surface area contributed by atoms with E-state index in [-0.39, 0.29) is 5.56 Å². The monoisotopic (exact) mass is 719 g/mol. The highest BCUT2D eigenvalue weighted by molar-refractivity contribution is 6.13. The SMILES string of the molecule is N#Cc1cc(C#N)c2c(c1-n1c3ccc(-c4ccccc4)cc3c3cc(-c4ccccc4)ccc31)-c1ccccc1C21c2cc(F)ccc2-c2ccc(F)cc21. The second-order valence-corrected chi connectivity index (χ2v) is 14.5. The summed E-state index contributed by atoms with van der Waals surface area (Å²) >= 11 is 0. The number of nitriles is 2. The Morgan fingerprint density at radius 2 is 0.964 bits per heavy atom. The normalized spacial score (nSPS) is 12.9. The van der Waals surface area contributed by atoms with Crippen molar-refractivity contribution in [3.8, 4) is 62.3 Å². The Morgan fingerprint density at radius 1 is 0.446 bits per heavy atom. The molecule has 1 aromatic heterocycles. The van der Waals surface area contributed by atoms with E-state index in [1.165, 1.54) is 24.3 Å². The second-order valence-electron chi connectivity index (χ2n) is 14.5. The zero-order valence-corrected chi connectivity index (χ0v) is 29.7. The summed E-state index contributed by atoms with van der Waals surface area (Å²) in [6.07, 6.45) is 0. The van der Waals surface area contributed by atoms with Gasteiger partial charge in [0.1, 0.15) is 17.7 Å². The first-order valence-electron chi connectivity index (χ1n) is 18.4. The van der Waals surface area contributed by atoms with Crippen LogP contribution in [0.15, 0.2) is 164 Å². The molecule has 5 heteroatoms. The molecule has 9 aromatic rings. The number of hydrogen-bond acceptors (Lipinski definition) is 2. The highest BCUT2D eigenvalue weighted by Gasteiger charge is 2.54. The Hall–Kier alpha value is -7.60. The number of nitrogens with zero attached hydrogens (tertiary/aromatic N) is 3.